The number of hydrogen-bond acceptors (Lipinski definition) is 3. The van der Waals surface area contributed by atoms with E-state index in [4.69, 9.17) is 9.78 Å². The summed E-state index contributed by atoms with van der Waals surface area (Å²) in [6.45, 7) is 8.23. The van der Waals surface area contributed by atoms with Gasteiger partial charge in [-0.15, -0.1) is 0 Å². The van der Waals surface area contributed by atoms with Gasteiger partial charge in [0.15, 0.2) is 0 Å². The standard InChI is InChI=1S/C15H24O3/c1-10-6-5-7-14(4)9-12-11(13(2,3)16)8-15(10,14)18-17-12/h8,10,12,16H,5-7,9H2,1-4H3/t10-,12-,14+,15+/m0/s1. The lowest BCUT2D eigenvalue weighted by Gasteiger charge is -2.60. The summed E-state index contributed by atoms with van der Waals surface area (Å²) in [5.41, 5.74) is -0.00239. The SMILES string of the molecule is C[C@H]1CCC[C@]2(C)C[C@@H]3OO[C@]12C=C3C(C)(C)O. The van der Waals surface area contributed by atoms with E-state index in [1.54, 1.807) is 0 Å². The zero-order valence-corrected chi connectivity index (χ0v) is 11.8. The van der Waals surface area contributed by atoms with Crippen molar-refractivity contribution in [2.75, 3.05) is 0 Å². The Morgan fingerprint density at radius 2 is 2.17 bits per heavy atom. The molecule has 2 fully saturated rings. The highest BCUT2D eigenvalue weighted by Gasteiger charge is 2.62. The van der Waals surface area contributed by atoms with Crippen LogP contribution in [0.1, 0.15) is 53.4 Å². The fourth-order valence-corrected chi connectivity index (χ4v) is 4.23. The quantitative estimate of drug-likeness (QED) is 0.576. The zero-order valence-electron chi connectivity index (χ0n) is 11.8. The van der Waals surface area contributed by atoms with Gasteiger partial charge >= 0.3 is 0 Å². The first kappa shape index (κ1) is 12.6. The number of fused-ring (bicyclic) bond motifs is 1. The average Bonchev–Trinajstić information content (AvgIpc) is 2.27. The first-order valence-corrected chi connectivity index (χ1v) is 7.09. The van der Waals surface area contributed by atoms with Gasteiger partial charge in [-0.05, 0) is 50.7 Å². The van der Waals surface area contributed by atoms with Gasteiger partial charge in [-0.2, -0.15) is 0 Å². The Balaban J connectivity index is 2.11. The Labute approximate surface area is 109 Å². The highest BCUT2D eigenvalue weighted by atomic mass is 17.2. The second-order valence-electron chi connectivity index (χ2n) is 7.18. The molecule has 2 bridgehead atoms. The molecular formula is C15H24O3. The maximum Gasteiger partial charge on any atom is 0.130 e. The van der Waals surface area contributed by atoms with Gasteiger partial charge in [0, 0.05) is 5.41 Å². The molecule has 2 aliphatic carbocycles. The van der Waals surface area contributed by atoms with Crippen molar-refractivity contribution in [3.05, 3.63) is 11.6 Å². The summed E-state index contributed by atoms with van der Waals surface area (Å²) in [4.78, 5) is 11.4. The molecular weight excluding hydrogens is 228 g/mol. The highest BCUT2D eigenvalue weighted by molar-refractivity contribution is 5.33. The molecule has 0 aromatic heterocycles. The van der Waals surface area contributed by atoms with E-state index < -0.39 is 5.60 Å². The van der Waals surface area contributed by atoms with Gasteiger partial charge in [-0.1, -0.05) is 20.3 Å². The van der Waals surface area contributed by atoms with E-state index in [2.05, 4.69) is 19.9 Å². The lowest BCUT2D eigenvalue weighted by molar-refractivity contribution is -0.446. The van der Waals surface area contributed by atoms with Crippen molar-refractivity contribution >= 4 is 0 Å². The lowest BCUT2D eigenvalue weighted by atomic mass is 9.53. The van der Waals surface area contributed by atoms with Crippen molar-refractivity contribution in [1.82, 2.24) is 0 Å². The normalized spacial score (nSPS) is 47.7. The smallest absolute Gasteiger partial charge is 0.130 e. The van der Waals surface area contributed by atoms with Gasteiger partial charge in [-0.3, -0.25) is 0 Å². The molecule has 0 amide bonds. The third-order valence-corrected chi connectivity index (χ3v) is 5.40. The second-order valence-corrected chi connectivity index (χ2v) is 7.18. The maximum atomic E-state index is 10.3. The van der Waals surface area contributed by atoms with Gasteiger partial charge in [0.25, 0.3) is 0 Å². The minimum absolute atomic E-state index is 0.0813. The summed E-state index contributed by atoms with van der Waals surface area (Å²) in [6.07, 6.45) is 6.69. The van der Waals surface area contributed by atoms with Crippen LogP contribution < -0.4 is 0 Å². The third-order valence-electron chi connectivity index (χ3n) is 5.40. The Morgan fingerprint density at radius 1 is 1.44 bits per heavy atom. The predicted molar refractivity (Wildman–Crippen MR) is 68.8 cm³/mol. The van der Waals surface area contributed by atoms with Gasteiger partial charge in [0.1, 0.15) is 11.7 Å². The van der Waals surface area contributed by atoms with Crippen LogP contribution in [0.5, 0.6) is 0 Å². The number of aliphatic hydroxyl groups is 1. The molecule has 2 heterocycles. The first-order chi connectivity index (χ1) is 8.29. The van der Waals surface area contributed by atoms with Gasteiger partial charge in [0.2, 0.25) is 0 Å². The molecule has 3 heteroatoms. The molecule has 102 valence electrons. The molecule has 1 spiro atoms. The van der Waals surface area contributed by atoms with E-state index in [-0.39, 0.29) is 17.1 Å². The zero-order chi connectivity index (χ0) is 13.2. The van der Waals surface area contributed by atoms with Crippen LogP contribution in [0.4, 0.5) is 0 Å². The third kappa shape index (κ3) is 1.47. The largest absolute Gasteiger partial charge is 0.386 e. The van der Waals surface area contributed by atoms with Gasteiger partial charge in [0.05, 0.1) is 5.60 Å². The molecule has 4 atom stereocenters. The van der Waals surface area contributed by atoms with Crippen LogP contribution >= 0.6 is 0 Å². The Kier molecular flexibility index (Phi) is 2.52. The fourth-order valence-electron chi connectivity index (χ4n) is 4.23. The molecule has 1 saturated carbocycles. The summed E-state index contributed by atoms with van der Waals surface area (Å²) >= 11 is 0. The van der Waals surface area contributed by atoms with Crippen molar-refractivity contribution in [3.63, 3.8) is 0 Å². The van der Waals surface area contributed by atoms with Crippen molar-refractivity contribution < 1.29 is 14.9 Å². The molecule has 0 radical (unpaired) electrons. The summed E-state index contributed by atoms with van der Waals surface area (Å²) < 4.78 is 0. The minimum Gasteiger partial charge on any atom is -0.386 e. The first-order valence-electron chi connectivity index (χ1n) is 7.09. The van der Waals surface area contributed by atoms with Crippen molar-refractivity contribution in [2.45, 2.75) is 70.7 Å². The molecule has 0 aromatic rings. The van der Waals surface area contributed by atoms with E-state index in [0.29, 0.717) is 5.92 Å². The minimum atomic E-state index is -0.820. The topological polar surface area (TPSA) is 38.7 Å². The molecule has 18 heavy (non-hydrogen) atoms. The molecule has 1 N–H and O–H groups in total. The summed E-state index contributed by atoms with van der Waals surface area (Å²) in [5.74, 6) is 0.440. The summed E-state index contributed by atoms with van der Waals surface area (Å²) in [6, 6.07) is 0. The van der Waals surface area contributed by atoms with Crippen LogP contribution in [0.25, 0.3) is 0 Å². The number of hydrogen-bond donors (Lipinski definition) is 1. The van der Waals surface area contributed by atoms with Crippen molar-refractivity contribution in [3.8, 4) is 0 Å². The van der Waals surface area contributed by atoms with E-state index in [9.17, 15) is 5.11 Å². The summed E-state index contributed by atoms with van der Waals surface area (Å²) in [7, 11) is 0. The molecule has 2 aliphatic heterocycles. The highest BCUT2D eigenvalue weighted by Crippen LogP contribution is 2.60. The van der Waals surface area contributed by atoms with E-state index in [1.807, 2.05) is 13.8 Å². The van der Waals surface area contributed by atoms with E-state index in [1.165, 1.54) is 19.3 Å². The molecule has 0 unspecified atom stereocenters. The van der Waals surface area contributed by atoms with Crippen LogP contribution in [0.2, 0.25) is 0 Å². The Hall–Kier alpha value is -0.380. The molecule has 4 aliphatic rings. The summed E-state index contributed by atoms with van der Waals surface area (Å²) in [5, 5.41) is 10.3. The van der Waals surface area contributed by atoms with Crippen LogP contribution in [-0.2, 0) is 9.78 Å². The molecule has 4 rings (SSSR count). The fraction of sp³-hybridized carbons (Fsp3) is 0.867. The molecule has 0 aromatic carbocycles. The Bertz CT molecular complexity index is 395. The maximum absolute atomic E-state index is 10.3. The van der Waals surface area contributed by atoms with Crippen LogP contribution in [0, 0.1) is 11.3 Å². The lowest BCUT2D eigenvalue weighted by Crippen LogP contribution is -2.64. The Morgan fingerprint density at radius 3 is 2.83 bits per heavy atom. The molecule has 3 nitrogen and oxygen atoms in total. The van der Waals surface area contributed by atoms with Gasteiger partial charge < -0.3 is 5.11 Å². The van der Waals surface area contributed by atoms with Crippen LogP contribution in [0.15, 0.2) is 11.6 Å². The predicted octanol–water partition coefficient (Wildman–Crippen LogP) is 2.98. The van der Waals surface area contributed by atoms with E-state index >= 15 is 0 Å². The monoisotopic (exact) mass is 252 g/mol. The van der Waals surface area contributed by atoms with Crippen molar-refractivity contribution in [1.29, 1.82) is 0 Å². The van der Waals surface area contributed by atoms with Crippen molar-refractivity contribution in [2.24, 2.45) is 11.3 Å². The van der Waals surface area contributed by atoms with Crippen LogP contribution in [0.3, 0.4) is 0 Å². The number of rotatable bonds is 1. The van der Waals surface area contributed by atoms with Gasteiger partial charge in [-0.25, -0.2) is 9.78 Å². The average molecular weight is 252 g/mol. The molecule has 1 saturated heterocycles. The second kappa shape index (κ2) is 3.59. The van der Waals surface area contributed by atoms with Crippen LogP contribution in [-0.4, -0.2) is 22.4 Å². The van der Waals surface area contributed by atoms with E-state index in [0.717, 1.165) is 12.0 Å².